The Balaban J connectivity index is 1.58. The number of benzene rings is 1. The van der Waals surface area contributed by atoms with Gasteiger partial charge >= 0.3 is 5.97 Å². The van der Waals surface area contributed by atoms with Crippen molar-refractivity contribution in [2.75, 3.05) is 19.8 Å². The van der Waals surface area contributed by atoms with Crippen LogP contribution < -0.4 is 0 Å². The summed E-state index contributed by atoms with van der Waals surface area (Å²) in [5, 5.41) is 8.99. The molecule has 2 N–H and O–H groups in total. The lowest BCUT2D eigenvalue weighted by atomic mass is 10.1. The van der Waals surface area contributed by atoms with E-state index in [9.17, 15) is 9.59 Å². The second-order valence-electron chi connectivity index (χ2n) is 6.18. The van der Waals surface area contributed by atoms with E-state index >= 15 is 0 Å². The van der Waals surface area contributed by atoms with E-state index in [2.05, 4.69) is 4.98 Å². The van der Waals surface area contributed by atoms with Gasteiger partial charge in [0.25, 0.3) is 0 Å². The van der Waals surface area contributed by atoms with Gasteiger partial charge in [-0.1, -0.05) is 30.3 Å². The number of aryl methyl sites for hydroxylation is 1. The third kappa shape index (κ3) is 4.48. The van der Waals surface area contributed by atoms with E-state index < -0.39 is 5.97 Å². The molecule has 2 heterocycles. The average molecular weight is 342 g/mol. The molecule has 1 atom stereocenters. The molecule has 0 aliphatic carbocycles. The van der Waals surface area contributed by atoms with Crippen molar-refractivity contribution in [1.29, 1.82) is 0 Å². The molecule has 1 fully saturated rings. The molecule has 132 valence electrons. The maximum absolute atomic E-state index is 12.5. The number of carboxylic acid groups (broad SMARTS) is 1. The third-order valence-corrected chi connectivity index (χ3v) is 4.40. The van der Waals surface area contributed by atoms with Crippen LogP contribution in [0.25, 0.3) is 11.3 Å². The van der Waals surface area contributed by atoms with Crippen LogP contribution >= 0.6 is 0 Å². The molecule has 1 aromatic heterocycles. The van der Waals surface area contributed by atoms with Crippen molar-refractivity contribution in [3.8, 4) is 11.3 Å². The molecule has 0 radical (unpaired) electrons. The normalized spacial score (nSPS) is 17.4. The zero-order chi connectivity index (χ0) is 17.6. The van der Waals surface area contributed by atoms with E-state index in [4.69, 9.17) is 9.84 Å². The second-order valence-corrected chi connectivity index (χ2v) is 6.18. The second kappa shape index (κ2) is 7.98. The first-order valence-corrected chi connectivity index (χ1v) is 8.46. The van der Waals surface area contributed by atoms with Crippen molar-refractivity contribution in [1.82, 2.24) is 9.88 Å². The first kappa shape index (κ1) is 17.2. The van der Waals surface area contributed by atoms with E-state index in [0.29, 0.717) is 32.6 Å². The van der Waals surface area contributed by atoms with Crippen LogP contribution in [0.5, 0.6) is 0 Å². The van der Waals surface area contributed by atoms with Gasteiger partial charge in [0.2, 0.25) is 5.91 Å². The molecule has 1 aliphatic rings. The predicted molar refractivity (Wildman–Crippen MR) is 93.1 cm³/mol. The summed E-state index contributed by atoms with van der Waals surface area (Å²) in [6.45, 7) is 1.21. The van der Waals surface area contributed by atoms with Gasteiger partial charge in [-0.3, -0.25) is 9.59 Å². The number of ether oxygens (including phenoxy) is 1. The Bertz CT molecular complexity index is 726. The largest absolute Gasteiger partial charge is 0.481 e. The molecule has 3 rings (SSSR count). The lowest BCUT2D eigenvalue weighted by Crippen LogP contribution is -2.49. The zero-order valence-electron chi connectivity index (χ0n) is 14.0. The number of amides is 1. The van der Waals surface area contributed by atoms with Crippen molar-refractivity contribution >= 4 is 11.9 Å². The summed E-state index contributed by atoms with van der Waals surface area (Å²) < 4.78 is 5.32. The zero-order valence-corrected chi connectivity index (χ0v) is 14.0. The molecule has 1 aromatic carbocycles. The minimum Gasteiger partial charge on any atom is -0.481 e. The molecule has 0 saturated carbocycles. The molecule has 1 saturated heterocycles. The first-order valence-electron chi connectivity index (χ1n) is 8.46. The Morgan fingerprint density at radius 2 is 2.00 bits per heavy atom. The summed E-state index contributed by atoms with van der Waals surface area (Å²) in [6, 6.07) is 13.6. The summed E-state index contributed by atoms with van der Waals surface area (Å²) in [7, 11) is 0. The highest BCUT2D eigenvalue weighted by Crippen LogP contribution is 2.19. The molecule has 2 aromatic rings. The maximum atomic E-state index is 12.5. The van der Waals surface area contributed by atoms with Crippen LogP contribution in [-0.2, 0) is 20.7 Å². The fourth-order valence-electron chi connectivity index (χ4n) is 3.11. The third-order valence-electron chi connectivity index (χ3n) is 4.40. The minimum atomic E-state index is -0.912. The van der Waals surface area contributed by atoms with Crippen LogP contribution in [0.1, 0.15) is 18.5 Å². The molecule has 1 amide bonds. The summed E-state index contributed by atoms with van der Waals surface area (Å²) >= 11 is 0. The Hall–Kier alpha value is -2.60. The summed E-state index contributed by atoms with van der Waals surface area (Å²) in [5.41, 5.74) is 3.13. The number of rotatable bonds is 6. The number of hydrogen-bond donors (Lipinski definition) is 2. The minimum absolute atomic E-state index is 0.0228. The Morgan fingerprint density at radius 1 is 1.20 bits per heavy atom. The topological polar surface area (TPSA) is 82.6 Å². The van der Waals surface area contributed by atoms with Crippen LogP contribution in [-0.4, -0.2) is 52.7 Å². The molecule has 6 nitrogen and oxygen atoms in total. The highest BCUT2D eigenvalue weighted by Gasteiger charge is 2.28. The number of carbonyl (C=O) groups excluding carboxylic acids is 1. The fraction of sp³-hybridized carbons (Fsp3) is 0.368. The highest BCUT2D eigenvalue weighted by atomic mass is 16.5. The lowest BCUT2D eigenvalue weighted by Gasteiger charge is -2.34. The molecule has 0 spiro atoms. The number of nitrogens with one attached hydrogen (secondary N) is 1. The summed E-state index contributed by atoms with van der Waals surface area (Å²) in [4.78, 5) is 28.5. The van der Waals surface area contributed by atoms with E-state index in [0.717, 1.165) is 17.0 Å². The van der Waals surface area contributed by atoms with Crippen LogP contribution in [0, 0.1) is 0 Å². The van der Waals surface area contributed by atoms with Crippen LogP contribution in [0.15, 0.2) is 42.5 Å². The number of carbonyl (C=O) groups is 2. The van der Waals surface area contributed by atoms with Gasteiger partial charge < -0.3 is 19.7 Å². The molecule has 1 unspecified atom stereocenters. The van der Waals surface area contributed by atoms with Crippen molar-refractivity contribution < 1.29 is 19.4 Å². The standard InChI is InChI=1S/C19H22N2O4/c22-18(21-10-11-25-13-16(21)12-19(23)24)9-7-15-6-8-17(20-15)14-4-2-1-3-5-14/h1-6,8,16,20H,7,9-13H2,(H,23,24). The molecule has 6 heteroatoms. The molecule has 25 heavy (non-hydrogen) atoms. The van der Waals surface area contributed by atoms with Crippen molar-refractivity contribution in [2.24, 2.45) is 0 Å². The average Bonchev–Trinajstić information content (AvgIpc) is 3.09. The van der Waals surface area contributed by atoms with Crippen LogP contribution in [0.4, 0.5) is 0 Å². The smallest absolute Gasteiger partial charge is 0.305 e. The van der Waals surface area contributed by atoms with Gasteiger partial charge in [-0.15, -0.1) is 0 Å². The van der Waals surface area contributed by atoms with Gasteiger partial charge in [0, 0.05) is 24.4 Å². The van der Waals surface area contributed by atoms with Gasteiger partial charge in [-0.05, 0) is 24.1 Å². The number of aliphatic carboxylic acids is 1. The Morgan fingerprint density at radius 3 is 2.76 bits per heavy atom. The Labute approximate surface area is 146 Å². The van der Waals surface area contributed by atoms with Crippen molar-refractivity contribution in [2.45, 2.75) is 25.3 Å². The number of H-pyrrole nitrogens is 1. The van der Waals surface area contributed by atoms with E-state index in [-0.39, 0.29) is 18.4 Å². The molecule has 1 aliphatic heterocycles. The van der Waals surface area contributed by atoms with Gasteiger partial charge in [0.15, 0.2) is 0 Å². The fourth-order valence-corrected chi connectivity index (χ4v) is 3.11. The van der Waals surface area contributed by atoms with Crippen molar-refractivity contribution in [3.05, 3.63) is 48.2 Å². The quantitative estimate of drug-likeness (QED) is 0.844. The number of nitrogens with zero attached hydrogens (tertiary/aromatic N) is 1. The number of hydrogen-bond acceptors (Lipinski definition) is 3. The van der Waals surface area contributed by atoms with E-state index in [1.54, 1.807) is 4.90 Å². The first-order chi connectivity index (χ1) is 12.1. The monoisotopic (exact) mass is 342 g/mol. The highest BCUT2D eigenvalue weighted by molar-refractivity contribution is 5.78. The lowest BCUT2D eigenvalue weighted by molar-refractivity contribution is -0.146. The summed E-state index contributed by atoms with van der Waals surface area (Å²) in [6.07, 6.45) is 0.875. The number of morpholine rings is 1. The van der Waals surface area contributed by atoms with Crippen LogP contribution in [0.2, 0.25) is 0 Å². The molecular weight excluding hydrogens is 320 g/mol. The molecular formula is C19H22N2O4. The predicted octanol–water partition coefficient (Wildman–Crippen LogP) is 2.32. The molecule has 0 bridgehead atoms. The number of carboxylic acids is 1. The van der Waals surface area contributed by atoms with Gasteiger partial charge in [0.1, 0.15) is 0 Å². The summed E-state index contributed by atoms with van der Waals surface area (Å²) in [5.74, 6) is -0.935. The van der Waals surface area contributed by atoms with Gasteiger partial charge in [-0.2, -0.15) is 0 Å². The maximum Gasteiger partial charge on any atom is 0.305 e. The van der Waals surface area contributed by atoms with Crippen LogP contribution in [0.3, 0.4) is 0 Å². The number of aromatic amines is 1. The van der Waals surface area contributed by atoms with Gasteiger partial charge in [-0.25, -0.2) is 0 Å². The number of aromatic nitrogens is 1. The SMILES string of the molecule is O=C(O)CC1COCCN1C(=O)CCc1ccc(-c2ccccc2)[nH]1. The Kier molecular flexibility index (Phi) is 5.50. The van der Waals surface area contributed by atoms with Crippen molar-refractivity contribution in [3.63, 3.8) is 0 Å². The van der Waals surface area contributed by atoms with E-state index in [1.807, 2.05) is 42.5 Å². The van der Waals surface area contributed by atoms with E-state index in [1.165, 1.54) is 0 Å². The van der Waals surface area contributed by atoms with Gasteiger partial charge in [0.05, 0.1) is 25.7 Å².